The fourth-order valence-corrected chi connectivity index (χ4v) is 1.57. The smallest absolute Gasteiger partial charge is 0.330 e. The average molecular weight is 234 g/mol. The zero-order chi connectivity index (χ0) is 12.3. The highest BCUT2D eigenvalue weighted by molar-refractivity contribution is 5.81. The first-order chi connectivity index (χ1) is 8.24. The zero-order valence-corrected chi connectivity index (χ0v) is 9.75. The average Bonchev–Trinajstić information content (AvgIpc) is 3.15. The maximum absolute atomic E-state index is 10.9. The summed E-state index contributed by atoms with van der Waals surface area (Å²) in [6, 6.07) is 7.68. The molecule has 1 aliphatic rings. The van der Waals surface area contributed by atoms with Crippen molar-refractivity contribution in [1.82, 2.24) is 0 Å². The largest absolute Gasteiger partial charge is 0.497 e. The molecule has 2 rings (SSSR count). The van der Waals surface area contributed by atoms with Crippen LogP contribution in [0.15, 0.2) is 36.4 Å². The number of ether oxygens (including phenoxy) is 3. The van der Waals surface area contributed by atoms with Crippen molar-refractivity contribution in [2.24, 2.45) is 0 Å². The van der Waals surface area contributed by atoms with Gasteiger partial charge in [-0.2, -0.15) is 0 Å². The van der Waals surface area contributed by atoms with Crippen molar-refractivity contribution >= 4 is 5.97 Å². The number of methoxy groups -OCH3 is 2. The van der Waals surface area contributed by atoms with Gasteiger partial charge in [-0.25, -0.2) is 4.79 Å². The third kappa shape index (κ3) is 2.85. The number of carbonyl (C=O) groups excluding carboxylic acids is 1. The highest BCUT2D eigenvalue weighted by Crippen LogP contribution is 2.39. The Morgan fingerprint density at radius 2 is 2.00 bits per heavy atom. The lowest BCUT2D eigenvalue weighted by atomic mass is 10.1. The molecule has 0 unspecified atom stereocenters. The molecular formula is C13H14O4. The van der Waals surface area contributed by atoms with E-state index < -0.39 is 0 Å². The van der Waals surface area contributed by atoms with Crippen LogP contribution in [0.4, 0.5) is 0 Å². The molecule has 17 heavy (non-hydrogen) atoms. The van der Waals surface area contributed by atoms with Crippen molar-refractivity contribution in [3.8, 4) is 5.75 Å². The Morgan fingerprint density at radius 3 is 2.59 bits per heavy atom. The highest BCUT2D eigenvalue weighted by atomic mass is 16.6. The molecule has 1 aromatic carbocycles. The van der Waals surface area contributed by atoms with Crippen LogP contribution in [-0.2, 0) is 14.3 Å². The Labute approximate surface area is 99.8 Å². The van der Waals surface area contributed by atoms with Crippen LogP contribution in [0.3, 0.4) is 0 Å². The van der Waals surface area contributed by atoms with Gasteiger partial charge in [-0.3, -0.25) is 0 Å². The normalized spacial score (nSPS) is 22.5. The quantitative estimate of drug-likeness (QED) is 0.453. The molecule has 1 heterocycles. The van der Waals surface area contributed by atoms with E-state index in [1.165, 1.54) is 13.2 Å². The molecule has 0 bridgehead atoms. The fourth-order valence-electron chi connectivity index (χ4n) is 1.57. The Hall–Kier alpha value is -1.81. The molecular weight excluding hydrogens is 220 g/mol. The Kier molecular flexibility index (Phi) is 3.44. The highest BCUT2D eigenvalue weighted by Gasteiger charge is 2.37. The number of carbonyl (C=O) groups is 1. The van der Waals surface area contributed by atoms with Gasteiger partial charge in [0.2, 0.25) is 0 Å². The molecule has 0 radical (unpaired) electrons. The summed E-state index contributed by atoms with van der Waals surface area (Å²) in [5, 5.41) is 0. The first kappa shape index (κ1) is 11.7. The number of hydrogen-bond acceptors (Lipinski definition) is 4. The van der Waals surface area contributed by atoms with Gasteiger partial charge in [0.25, 0.3) is 0 Å². The van der Waals surface area contributed by atoms with Crippen molar-refractivity contribution < 1.29 is 19.0 Å². The monoisotopic (exact) mass is 234 g/mol. The predicted molar refractivity (Wildman–Crippen MR) is 61.8 cm³/mol. The summed E-state index contributed by atoms with van der Waals surface area (Å²) in [6.07, 6.45) is 3.08. The molecule has 1 saturated heterocycles. The van der Waals surface area contributed by atoms with E-state index >= 15 is 0 Å². The summed E-state index contributed by atoms with van der Waals surface area (Å²) >= 11 is 0. The van der Waals surface area contributed by atoms with Gasteiger partial charge in [-0.05, 0) is 23.8 Å². The number of rotatable bonds is 4. The molecule has 0 N–H and O–H groups in total. The van der Waals surface area contributed by atoms with Gasteiger partial charge in [0.15, 0.2) is 0 Å². The van der Waals surface area contributed by atoms with Gasteiger partial charge >= 0.3 is 5.97 Å². The van der Waals surface area contributed by atoms with Crippen LogP contribution in [0.2, 0.25) is 0 Å². The first-order valence-corrected chi connectivity index (χ1v) is 5.30. The fraction of sp³-hybridized carbons (Fsp3) is 0.308. The van der Waals surface area contributed by atoms with Gasteiger partial charge in [-0.1, -0.05) is 12.1 Å². The third-order valence-corrected chi connectivity index (χ3v) is 2.59. The van der Waals surface area contributed by atoms with E-state index in [2.05, 4.69) is 4.74 Å². The van der Waals surface area contributed by atoms with Gasteiger partial charge in [0, 0.05) is 6.08 Å². The van der Waals surface area contributed by atoms with Crippen LogP contribution in [0.25, 0.3) is 0 Å². The van der Waals surface area contributed by atoms with Gasteiger partial charge in [-0.15, -0.1) is 0 Å². The molecule has 90 valence electrons. The third-order valence-electron chi connectivity index (χ3n) is 2.59. The molecule has 0 saturated carbocycles. The van der Waals surface area contributed by atoms with Crippen molar-refractivity contribution in [1.29, 1.82) is 0 Å². The maximum atomic E-state index is 10.9. The van der Waals surface area contributed by atoms with Crippen LogP contribution in [0.5, 0.6) is 5.75 Å². The summed E-state index contributed by atoms with van der Waals surface area (Å²) < 4.78 is 15.0. The zero-order valence-electron chi connectivity index (χ0n) is 9.75. The molecule has 4 nitrogen and oxygen atoms in total. The lowest BCUT2D eigenvalue weighted by Crippen LogP contribution is -1.95. The van der Waals surface area contributed by atoms with Gasteiger partial charge < -0.3 is 14.2 Å². The molecule has 1 aliphatic heterocycles. The van der Waals surface area contributed by atoms with Crippen molar-refractivity contribution in [3.05, 3.63) is 42.0 Å². The van der Waals surface area contributed by atoms with Crippen molar-refractivity contribution in [2.45, 2.75) is 12.2 Å². The number of hydrogen-bond donors (Lipinski definition) is 0. The molecule has 1 aromatic rings. The van der Waals surface area contributed by atoms with Crippen LogP contribution in [-0.4, -0.2) is 26.3 Å². The SMILES string of the molecule is COC(=O)/C=C/[C@@H]1O[C@H]1c1ccc(OC)cc1. The van der Waals surface area contributed by atoms with Gasteiger partial charge in [0.05, 0.1) is 14.2 Å². The first-order valence-electron chi connectivity index (χ1n) is 5.30. The maximum Gasteiger partial charge on any atom is 0.330 e. The van der Waals surface area contributed by atoms with E-state index in [1.807, 2.05) is 24.3 Å². The second kappa shape index (κ2) is 5.01. The van der Waals surface area contributed by atoms with E-state index in [9.17, 15) is 4.79 Å². The summed E-state index contributed by atoms with van der Waals surface area (Å²) in [5.41, 5.74) is 1.07. The van der Waals surface area contributed by atoms with Gasteiger partial charge in [0.1, 0.15) is 18.0 Å². The minimum absolute atomic E-state index is 0.0295. The number of benzene rings is 1. The predicted octanol–water partition coefficient (Wildman–Crippen LogP) is 1.86. The number of esters is 1. The minimum atomic E-state index is -0.367. The second-order valence-corrected chi connectivity index (χ2v) is 3.68. The van der Waals surface area contributed by atoms with Crippen molar-refractivity contribution in [2.75, 3.05) is 14.2 Å². The van der Waals surface area contributed by atoms with Crippen LogP contribution in [0, 0.1) is 0 Å². The van der Waals surface area contributed by atoms with E-state index in [-0.39, 0.29) is 18.2 Å². The van der Waals surface area contributed by atoms with Crippen LogP contribution in [0.1, 0.15) is 11.7 Å². The van der Waals surface area contributed by atoms with Crippen LogP contribution < -0.4 is 4.74 Å². The molecule has 0 aliphatic carbocycles. The van der Waals surface area contributed by atoms with E-state index in [1.54, 1.807) is 13.2 Å². The molecule has 0 spiro atoms. The molecule has 1 fully saturated rings. The summed E-state index contributed by atoms with van der Waals surface area (Å²) in [5.74, 6) is 0.449. The van der Waals surface area contributed by atoms with E-state index in [0.29, 0.717) is 0 Å². The van der Waals surface area contributed by atoms with Crippen LogP contribution >= 0.6 is 0 Å². The Bertz CT molecular complexity index is 422. The Balaban J connectivity index is 1.93. The van der Waals surface area contributed by atoms with Crippen molar-refractivity contribution in [3.63, 3.8) is 0 Å². The molecule has 2 atom stereocenters. The molecule has 0 amide bonds. The standard InChI is InChI=1S/C13H14O4/c1-15-10-5-3-9(4-6-10)13-11(17-13)7-8-12(14)16-2/h3-8,11,13H,1-2H3/b8-7+/t11-,13-/m0/s1. The molecule has 0 aromatic heterocycles. The topological polar surface area (TPSA) is 48.1 Å². The molecule has 4 heteroatoms. The lowest BCUT2D eigenvalue weighted by Gasteiger charge is -1.99. The second-order valence-electron chi connectivity index (χ2n) is 3.68. The summed E-state index contributed by atoms with van der Waals surface area (Å²) in [7, 11) is 2.98. The Morgan fingerprint density at radius 1 is 1.29 bits per heavy atom. The number of epoxide rings is 1. The summed E-state index contributed by atoms with van der Waals surface area (Å²) in [6.45, 7) is 0. The summed E-state index contributed by atoms with van der Waals surface area (Å²) in [4.78, 5) is 10.9. The van der Waals surface area contributed by atoms with E-state index in [4.69, 9.17) is 9.47 Å². The minimum Gasteiger partial charge on any atom is -0.497 e. The lowest BCUT2D eigenvalue weighted by molar-refractivity contribution is -0.134. The van der Waals surface area contributed by atoms with E-state index in [0.717, 1.165) is 11.3 Å².